The van der Waals surface area contributed by atoms with Crippen molar-refractivity contribution in [1.29, 1.82) is 0 Å². The SMILES string of the molecule is Cc1ccc(CCC(=O)Nc2ccc3c(c2)N(CCOc2ccc(C(C)(C)C)cc2)C(=O)CO3)cc1. The average molecular weight is 487 g/mol. The van der Waals surface area contributed by atoms with E-state index in [-0.39, 0.29) is 23.8 Å². The Morgan fingerprint density at radius 3 is 2.44 bits per heavy atom. The van der Waals surface area contributed by atoms with Crippen LogP contribution in [0.15, 0.2) is 66.7 Å². The van der Waals surface area contributed by atoms with E-state index in [1.54, 1.807) is 23.1 Å². The van der Waals surface area contributed by atoms with Crippen molar-refractivity contribution in [2.45, 2.75) is 46.0 Å². The number of carbonyl (C=O) groups excluding carboxylic acids is 2. The molecule has 36 heavy (non-hydrogen) atoms. The second kappa shape index (κ2) is 10.9. The lowest BCUT2D eigenvalue weighted by atomic mass is 9.87. The third-order valence-corrected chi connectivity index (χ3v) is 6.25. The zero-order chi connectivity index (χ0) is 25.7. The van der Waals surface area contributed by atoms with Crippen LogP contribution in [0, 0.1) is 6.92 Å². The van der Waals surface area contributed by atoms with Gasteiger partial charge in [-0.15, -0.1) is 0 Å². The molecule has 0 aliphatic carbocycles. The van der Waals surface area contributed by atoms with Gasteiger partial charge in [-0.05, 0) is 60.2 Å². The van der Waals surface area contributed by atoms with Crippen LogP contribution in [0.5, 0.6) is 11.5 Å². The van der Waals surface area contributed by atoms with Crippen molar-refractivity contribution in [3.63, 3.8) is 0 Å². The first-order valence-corrected chi connectivity index (χ1v) is 12.3. The van der Waals surface area contributed by atoms with E-state index < -0.39 is 0 Å². The van der Waals surface area contributed by atoms with Crippen LogP contribution in [0.4, 0.5) is 11.4 Å². The van der Waals surface area contributed by atoms with E-state index in [0.717, 1.165) is 11.3 Å². The molecule has 0 fully saturated rings. The Morgan fingerprint density at radius 2 is 1.75 bits per heavy atom. The van der Waals surface area contributed by atoms with Crippen LogP contribution in [-0.4, -0.2) is 31.6 Å². The summed E-state index contributed by atoms with van der Waals surface area (Å²) in [5, 5.41) is 2.94. The second-order valence-corrected chi connectivity index (χ2v) is 10.2. The molecular weight excluding hydrogens is 452 g/mol. The Hall–Kier alpha value is -3.80. The molecule has 6 heteroatoms. The predicted octanol–water partition coefficient (Wildman–Crippen LogP) is 5.67. The minimum absolute atomic E-state index is 0.0183. The molecule has 0 atom stereocenters. The van der Waals surface area contributed by atoms with E-state index in [1.807, 2.05) is 43.3 Å². The molecule has 0 spiro atoms. The third kappa shape index (κ3) is 6.45. The highest BCUT2D eigenvalue weighted by molar-refractivity contribution is 5.99. The summed E-state index contributed by atoms with van der Waals surface area (Å²) >= 11 is 0. The van der Waals surface area contributed by atoms with Crippen molar-refractivity contribution in [3.8, 4) is 11.5 Å². The molecular formula is C30H34N2O4. The first-order chi connectivity index (χ1) is 17.2. The summed E-state index contributed by atoms with van der Waals surface area (Å²) in [4.78, 5) is 26.8. The Balaban J connectivity index is 1.36. The van der Waals surface area contributed by atoms with Gasteiger partial charge in [0.1, 0.15) is 18.1 Å². The maximum atomic E-state index is 12.6. The lowest BCUT2D eigenvalue weighted by molar-refractivity contribution is -0.121. The Bertz CT molecular complexity index is 1210. The van der Waals surface area contributed by atoms with E-state index in [4.69, 9.17) is 9.47 Å². The van der Waals surface area contributed by atoms with Crippen molar-refractivity contribution in [2.75, 3.05) is 30.0 Å². The van der Waals surface area contributed by atoms with Crippen molar-refractivity contribution < 1.29 is 19.1 Å². The van der Waals surface area contributed by atoms with Gasteiger partial charge < -0.3 is 19.7 Å². The average Bonchev–Trinajstić information content (AvgIpc) is 2.85. The fourth-order valence-electron chi connectivity index (χ4n) is 4.07. The van der Waals surface area contributed by atoms with Crippen LogP contribution < -0.4 is 19.7 Å². The molecule has 0 unspecified atom stereocenters. The molecule has 3 aromatic rings. The van der Waals surface area contributed by atoms with E-state index >= 15 is 0 Å². The van der Waals surface area contributed by atoms with Gasteiger partial charge in [0.25, 0.3) is 5.91 Å². The molecule has 0 aromatic heterocycles. The summed E-state index contributed by atoms with van der Waals surface area (Å²) in [6, 6.07) is 21.6. The molecule has 188 valence electrons. The minimum Gasteiger partial charge on any atom is -0.492 e. The molecule has 4 rings (SSSR count). The highest BCUT2D eigenvalue weighted by Gasteiger charge is 2.26. The number of anilines is 2. The smallest absolute Gasteiger partial charge is 0.265 e. The summed E-state index contributed by atoms with van der Waals surface area (Å²) in [5.74, 6) is 1.16. The topological polar surface area (TPSA) is 67.9 Å². The van der Waals surface area contributed by atoms with Gasteiger partial charge in [-0.25, -0.2) is 0 Å². The Labute approximate surface area is 213 Å². The maximum absolute atomic E-state index is 12.6. The number of rotatable bonds is 8. The van der Waals surface area contributed by atoms with Crippen molar-refractivity contribution in [1.82, 2.24) is 0 Å². The van der Waals surface area contributed by atoms with E-state index in [9.17, 15) is 9.59 Å². The molecule has 6 nitrogen and oxygen atoms in total. The van der Waals surface area contributed by atoms with Crippen LogP contribution in [-0.2, 0) is 21.4 Å². The maximum Gasteiger partial charge on any atom is 0.265 e. The third-order valence-electron chi connectivity index (χ3n) is 6.25. The molecule has 1 aliphatic rings. The normalized spacial score (nSPS) is 13.1. The monoisotopic (exact) mass is 486 g/mol. The Kier molecular flexibility index (Phi) is 7.63. The summed E-state index contributed by atoms with van der Waals surface area (Å²) in [6.07, 6.45) is 1.04. The zero-order valence-electron chi connectivity index (χ0n) is 21.5. The fourth-order valence-corrected chi connectivity index (χ4v) is 4.07. The first kappa shape index (κ1) is 25.3. The molecule has 0 saturated carbocycles. The van der Waals surface area contributed by atoms with Gasteiger partial charge in [-0.3, -0.25) is 9.59 Å². The minimum atomic E-state index is -0.142. The number of amides is 2. The number of nitrogens with one attached hydrogen (secondary N) is 1. The standard InChI is InChI=1S/C30H34N2O4/c1-21-5-7-22(8-6-21)9-16-28(33)31-24-12-15-27-26(19-24)32(29(34)20-36-27)17-18-35-25-13-10-23(11-14-25)30(2,3)4/h5-8,10-15,19H,9,16-18,20H2,1-4H3,(H,31,33). The zero-order valence-corrected chi connectivity index (χ0v) is 21.5. The van der Waals surface area contributed by atoms with Crippen molar-refractivity contribution in [2.24, 2.45) is 0 Å². The van der Waals surface area contributed by atoms with Gasteiger partial charge in [-0.1, -0.05) is 62.7 Å². The van der Waals surface area contributed by atoms with Crippen LogP contribution in [0.1, 0.15) is 43.9 Å². The number of aryl methyl sites for hydroxylation is 2. The van der Waals surface area contributed by atoms with Gasteiger partial charge in [0.15, 0.2) is 6.61 Å². The van der Waals surface area contributed by atoms with Crippen molar-refractivity contribution >= 4 is 23.2 Å². The highest BCUT2D eigenvalue weighted by Crippen LogP contribution is 2.34. The number of benzene rings is 3. The molecule has 0 saturated heterocycles. The van der Waals surface area contributed by atoms with Crippen LogP contribution in [0.2, 0.25) is 0 Å². The lowest BCUT2D eigenvalue weighted by Crippen LogP contribution is -2.41. The molecule has 0 radical (unpaired) electrons. The predicted molar refractivity (Wildman–Crippen MR) is 143 cm³/mol. The van der Waals surface area contributed by atoms with Crippen molar-refractivity contribution in [3.05, 3.63) is 83.4 Å². The second-order valence-electron chi connectivity index (χ2n) is 10.2. The summed E-state index contributed by atoms with van der Waals surface area (Å²) in [7, 11) is 0. The number of hydrogen-bond acceptors (Lipinski definition) is 4. The van der Waals surface area contributed by atoms with Crippen LogP contribution in [0.25, 0.3) is 0 Å². The van der Waals surface area contributed by atoms with Gasteiger partial charge in [0, 0.05) is 12.1 Å². The molecule has 1 aliphatic heterocycles. The molecule has 0 bridgehead atoms. The molecule has 1 N–H and O–H groups in total. The van der Waals surface area contributed by atoms with Gasteiger partial charge >= 0.3 is 0 Å². The molecule has 2 amide bonds. The quantitative estimate of drug-likeness (QED) is 0.446. The largest absolute Gasteiger partial charge is 0.492 e. The van der Waals surface area contributed by atoms with Crippen LogP contribution in [0.3, 0.4) is 0 Å². The Morgan fingerprint density at radius 1 is 1.03 bits per heavy atom. The van der Waals surface area contributed by atoms with E-state index in [2.05, 4.69) is 38.2 Å². The molecule has 1 heterocycles. The number of hydrogen-bond donors (Lipinski definition) is 1. The van der Waals surface area contributed by atoms with Gasteiger partial charge in [-0.2, -0.15) is 0 Å². The van der Waals surface area contributed by atoms with Crippen LogP contribution >= 0.6 is 0 Å². The summed E-state index contributed by atoms with van der Waals surface area (Å²) in [5.41, 5.74) is 4.90. The van der Waals surface area contributed by atoms with E-state index in [0.29, 0.717) is 43.1 Å². The van der Waals surface area contributed by atoms with Gasteiger partial charge in [0.2, 0.25) is 5.91 Å². The fraction of sp³-hybridized carbons (Fsp3) is 0.333. The number of ether oxygens (including phenoxy) is 2. The number of nitrogens with zero attached hydrogens (tertiary/aromatic N) is 1. The van der Waals surface area contributed by atoms with Gasteiger partial charge in [0.05, 0.1) is 12.2 Å². The number of fused-ring (bicyclic) bond motifs is 1. The highest BCUT2D eigenvalue weighted by atomic mass is 16.5. The van der Waals surface area contributed by atoms with E-state index in [1.165, 1.54) is 11.1 Å². The first-order valence-electron chi connectivity index (χ1n) is 12.3. The summed E-state index contributed by atoms with van der Waals surface area (Å²) in [6.45, 7) is 9.26. The number of carbonyl (C=O) groups is 2. The molecule has 3 aromatic carbocycles. The summed E-state index contributed by atoms with van der Waals surface area (Å²) < 4.78 is 11.5. The lowest BCUT2D eigenvalue weighted by Gasteiger charge is -2.29.